The number of hydrogen-bond donors (Lipinski definition) is 2. The molecule has 134 valence electrons. The molecule has 7 nitrogen and oxygen atoms in total. The van der Waals surface area contributed by atoms with Gasteiger partial charge >= 0.3 is 5.97 Å². The second-order valence-corrected chi connectivity index (χ2v) is 6.71. The van der Waals surface area contributed by atoms with E-state index in [1.54, 1.807) is 6.92 Å². The number of aromatic amines is 1. The number of carbonyl (C=O) groups excluding carboxylic acids is 2. The minimum atomic E-state index is -0.828. The topological polar surface area (TPSA) is 101 Å². The Balaban J connectivity index is 1.88. The molecule has 3 rings (SSSR count). The molecular formula is C18H17N3O4S. The van der Waals surface area contributed by atoms with E-state index in [4.69, 9.17) is 4.74 Å². The number of nitrogens with zero attached hydrogens (tertiary/aromatic N) is 1. The van der Waals surface area contributed by atoms with Crippen LogP contribution in [0.3, 0.4) is 0 Å². The predicted octanol–water partition coefficient (Wildman–Crippen LogP) is 1.81. The number of methoxy groups -OCH3 is 1. The van der Waals surface area contributed by atoms with Crippen molar-refractivity contribution < 1.29 is 14.3 Å². The first-order valence-corrected chi connectivity index (χ1v) is 8.72. The summed E-state index contributed by atoms with van der Waals surface area (Å²) in [6.07, 6.45) is 1.61. The molecule has 0 saturated heterocycles. The number of benzene rings is 1. The van der Waals surface area contributed by atoms with E-state index >= 15 is 0 Å². The van der Waals surface area contributed by atoms with Crippen LogP contribution in [0.25, 0.3) is 10.2 Å². The van der Waals surface area contributed by atoms with E-state index in [1.807, 2.05) is 30.3 Å². The van der Waals surface area contributed by atoms with Crippen LogP contribution >= 0.6 is 11.3 Å². The molecule has 0 aliphatic rings. The van der Waals surface area contributed by atoms with Crippen LogP contribution < -0.4 is 10.9 Å². The maximum absolute atomic E-state index is 12.7. The van der Waals surface area contributed by atoms with Crippen LogP contribution in [0.15, 0.2) is 41.5 Å². The van der Waals surface area contributed by atoms with Crippen molar-refractivity contribution in [3.8, 4) is 0 Å². The summed E-state index contributed by atoms with van der Waals surface area (Å²) >= 11 is 1.12. The minimum Gasteiger partial charge on any atom is -0.467 e. The van der Waals surface area contributed by atoms with Gasteiger partial charge in [0.25, 0.3) is 11.5 Å². The molecule has 0 spiro atoms. The normalized spacial score (nSPS) is 11.9. The van der Waals surface area contributed by atoms with Crippen LogP contribution in [-0.4, -0.2) is 35.0 Å². The Bertz CT molecular complexity index is 1010. The number of H-pyrrole nitrogens is 1. The van der Waals surface area contributed by atoms with E-state index in [0.717, 1.165) is 16.9 Å². The van der Waals surface area contributed by atoms with Crippen LogP contribution in [0.5, 0.6) is 0 Å². The first-order chi connectivity index (χ1) is 12.5. The van der Waals surface area contributed by atoms with Crippen LogP contribution in [0.1, 0.15) is 20.8 Å². The zero-order valence-corrected chi connectivity index (χ0v) is 15.1. The smallest absolute Gasteiger partial charge is 0.328 e. The Morgan fingerprint density at radius 1 is 1.31 bits per heavy atom. The summed E-state index contributed by atoms with van der Waals surface area (Å²) in [6.45, 7) is 1.69. The molecule has 1 amide bonds. The van der Waals surface area contributed by atoms with Crippen molar-refractivity contribution in [2.75, 3.05) is 7.11 Å². The van der Waals surface area contributed by atoms with Gasteiger partial charge in [-0.25, -0.2) is 9.78 Å². The number of carbonyl (C=O) groups is 2. The molecule has 26 heavy (non-hydrogen) atoms. The van der Waals surface area contributed by atoms with Gasteiger partial charge in [-0.15, -0.1) is 11.3 Å². The SMILES string of the molecule is COC(=O)[C@H](Cc1ccccc1)NC(=O)c1sc2nc[nH]c(=O)c2c1C. The molecule has 0 aliphatic heterocycles. The van der Waals surface area contributed by atoms with Gasteiger partial charge in [0.05, 0.1) is 23.7 Å². The molecule has 0 unspecified atom stereocenters. The number of nitrogens with one attached hydrogen (secondary N) is 2. The van der Waals surface area contributed by atoms with E-state index in [-0.39, 0.29) is 5.56 Å². The van der Waals surface area contributed by atoms with Gasteiger partial charge in [0.2, 0.25) is 0 Å². The maximum Gasteiger partial charge on any atom is 0.328 e. The van der Waals surface area contributed by atoms with Crippen molar-refractivity contribution in [2.45, 2.75) is 19.4 Å². The first kappa shape index (κ1) is 17.8. The number of amides is 1. The molecule has 2 heterocycles. The molecule has 0 saturated carbocycles. The largest absolute Gasteiger partial charge is 0.467 e. The van der Waals surface area contributed by atoms with E-state index in [0.29, 0.717) is 27.1 Å². The fourth-order valence-corrected chi connectivity index (χ4v) is 3.76. The lowest BCUT2D eigenvalue weighted by Gasteiger charge is -2.16. The van der Waals surface area contributed by atoms with Gasteiger partial charge in [0.1, 0.15) is 10.9 Å². The Morgan fingerprint density at radius 3 is 2.69 bits per heavy atom. The molecule has 0 fully saturated rings. The van der Waals surface area contributed by atoms with Crippen molar-refractivity contribution in [1.82, 2.24) is 15.3 Å². The third-order valence-corrected chi connectivity index (χ3v) is 5.21. The van der Waals surface area contributed by atoms with Crippen molar-refractivity contribution >= 4 is 33.4 Å². The van der Waals surface area contributed by atoms with Crippen molar-refractivity contribution in [2.24, 2.45) is 0 Å². The highest BCUT2D eigenvalue weighted by Gasteiger charge is 2.25. The molecule has 8 heteroatoms. The van der Waals surface area contributed by atoms with Gasteiger partial charge < -0.3 is 15.0 Å². The van der Waals surface area contributed by atoms with Gasteiger partial charge in [-0.05, 0) is 18.1 Å². The molecule has 0 bridgehead atoms. The maximum atomic E-state index is 12.7. The fraction of sp³-hybridized carbons (Fsp3) is 0.222. The molecule has 2 aromatic heterocycles. The molecule has 3 aromatic rings. The molecule has 1 atom stereocenters. The number of thiophene rings is 1. The highest BCUT2D eigenvalue weighted by molar-refractivity contribution is 7.20. The zero-order chi connectivity index (χ0) is 18.7. The summed E-state index contributed by atoms with van der Waals surface area (Å²) < 4.78 is 4.81. The average Bonchev–Trinajstić information content (AvgIpc) is 2.99. The summed E-state index contributed by atoms with van der Waals surface area (Å²) in [6, 6.07) is 8.51. The minimum absolute atomic E-state index is 0.295. The van der Waals surface area contributed by atoms with Crippen molar-refractivity contribution in [3.63, 3.8) is 0 Å². The molecule has 2 N–H and O–H groups in total. The summed E-state index contributed by atoms with van der Waals surface area (Å²) in [5.41, 5.74) is 1.14. The third-order valence-electron chi connectivity index (χ3n) is 4.01. The standard InChI is InChI=1S/C18H17N3O4S/c1-10-13-15(22)19-9-20-17(13)26-14(10)16(23)21-12(18(24)25-2)8-11-6-4-3-5-7-11/h3-7,9,12H,8H2,1-2H3,(H,21,23)(H,19,20,22)/t12-/m0/s1. The second kappa shape index (κ2) is 7.49. The van der Waals surface area contributed by atoms with E-state index in [2.05, 4.69) is 15.3 Å². The number of ether oxygens (including phenoxy) is 1. The third kappa shape index (κ3) is 3.50. The quantitative estimate of drug-likeness (QED) is 0.666. The van der Waals surface area contributed by atoms with Gasteiger partial charge in [0, 0.05) is 6.42 Å². The highest BCUT2D eigenvalue weighted by Crippen LogP contribution is 2.26. The van der Waals surface area contributed by atoms with Gasteiger partial charge in [-0.2, -0.15) is 0 Å². The highest BCUT2D eigenvalue weighted by atomic mass is 32.1. The van der Waals surface area contributed by atoms with Crippen LogP contribution in [0.2, 0.25) is 0 Å². The number of hydrogen-bond acceptors (Lipinski definition) is 6. The predicted molar refractivity (Wildman–Crippen MR) is 98.4 cm³/mol. The lowest BCUT2D eigenvalue weighted by Crippen LogP contribution is -2.43. The second-order valence-electron chi connectivity index (χ2n) is 5.71. The number of aromatic nitrogens is 2. The number of fused-ring (bicyclic) bond motifs is 1. The lowest BCUT2D eigenvalue weighted by molar-refractivity contribution is -0.142. The van der Waals surface area contributed by atoms with E-state index in [9.17, 15) is 14.4 Å². The Hall–Kier alpha value is -3.00. The van der Waals surface area contributed by atoms with Gasteiger partial charge in [-0.3, -0.25) is 9.59 Å². The summed E-state index contributed by atoms with van der Waals surface area (Å²) in [5.74, 6) is -0.965. The van der Waals surface area contributed by atoms with E-state index in [1.165, 1.54) is 13.4 Å². The number of esters is 1. The van der Waals surface area contributed by atoms with Crippen molar-refractivity contribution in [3.05, 3.63) is 63.0 Å². The molecule has 0 aliphatic carbocycles. The zero-order valence-electron chi connectivity index (χ0n) is 14.2. The lowest BCUT2D eigenvalue weighted by atomic mass is 10.1. The van der Waals surface area contributed by atoms with E-state index < -0.39 is 17.9 Å². The Morgan fingerprint density at radius 2 is 2.04 bits per heavy atom. The van der Waals surface area contributed by atoms with Crippen molar-refractivity contribution in [1.29, 1.82) is 0 Å². The van der Waals surface area contributed by atoms with Crippen LogP contribution in [0.4, 0.5) is 0 Å². The molecule has 0 radical (unpaired) electrons. The van der Waals surface area contributed by atoms with Crippen LogP contribution in [0, 0.1) is 6.92 Å². The number of aryl methyl sites for hydroxylation is 1. The number of rotatable bonds is 5. The van der Waals surface area contributed by atoms with Gasteiger partial charge in [-0.1, -0.05) is 30.3 Å². The Kier molecular flexibility index (Phi) is 5.13. The monoisotopic (exact) mass is 371 g/mol. The van der Waals surface area contributed by atoms with Gasteiger partial charge in [0.15, 0.2) is 0 Å². The average molecular weight is 371 g/mol. The van der Waals surface area contributed by atoms with Crippen LogP contribution in [-0.2, 0) is 16.0 Å². The summed E-state index contributed by atoms with van der Waals surface area (Å²) in [4.78, 5) is 44.2. The fourth-order valence-electron chi connectivity index (χ4n) is 2.70. The molecule has 1 aromatic carbocycles. The summed E-state index contributed by atoms with van der Waals surface area (Å²) in [7, 11) is 1.28. The Labute approximate surface area is 153 Å². The first-order valence-electron chi connectivity index (χ1n) is 7.90. The molecular weight excluding hydrogens is 354 g/mol. The summed E-state index contributed by atoms with van der Waals surface area (Å²) in [5, 5.41) is 3.10.